The predicted molar refractivity (Wildman–Crippen MR) is 77.9 cm³/mol. The lowest BCUT2D eigenvalue weighted by Gasteiger charge is -2.13. The second kappa shape index (κ2) is 5.36. The van der Waals surface area contributed by atoms with E-state index in [0.717, 1.165) is 10.9 Å². The van der Waals surface area contributed by atoms with Gasteiger partial charge in [0.1, 0.15) is 0 Å². The number of carboxylic acids is 1. The van der Waals surface area contributed by atoms with Crippen molar-refractivity contribution in [1.82, 2.24) is 10.3 Å². The standard InChI is InChI=1S/C16H14N2O3/c19-15(18-11-7-6-10(9-11)16(20)21)13-3-1-5-14-12(13)4-2-8-17-14/h1-8,10-11H,9H2,(H,18,19)(H,20,21). The van der Waals surface area contributed by atoms with Crippen LogP contribution in [0.2, 0.25) is 0 Å². The third-order valence-corrected chi connectivity index (χ3v) is 3.61. The molecule has 0 radical (unpaired) electrons. The van der Waals surface area contributed by atoms with E-state index in [4.69, 9.17) is 5.11 Å². The molecule has 0 saturated carbocycles. The van der Waals surface area contributed by atoms with E-state index < -0.39 is 11.9 Å². The molecule has 1 heterocycles. The maximum atomic E-state index is 12.4. The minimum Gasteiger partial charge on any atom is -0.481 e. The topological polar surface area (TPSA) is 79.3 Å². The van der Waals surface area contributed by atoms with Crippen LogP contribution >= 0.6 is 0 Å². The fourth-order valence-electron chi connectivity index (χ4n) is 2.54. The Morgan fingerprint density at radius 3 is 2.81 bits per heavy atom. The van der Waals surface area contributed by atoms with Gasteiger partial charge in [0.25, 0.3) is 5.91 Å². The van der Waals surface area contributed by atoms with Crippen LogP contribution < -0.4 is 5.32 Å². The van der Waals surface area contributed by atoms with Gasteiger partial charge in [-0.1, -0.05) is 24.3 Å². The molecule has 2 atom stereocenters. The molecule has 1 aromatic heterocycles. The molecule has 1 aliphatic carbocycles. The van der Waals surface area contributed by atoms with Crippen LogP contribution in [0.4, 0.5) is 0 Å². The largest absolute Gasteiger partial charge is 0.481 e. The van der Waals surface area contributed by atoms with Crippen LogP contribution in [0.15, 0.2) is 48.7 Å². The van der Waals surface area contributed by atoms with Gasteiger partial charge in [-0.15, -0.1) is 0 Å². The lowest BCUT2D eigenvalue weighted by molar-refractivity contribution is -0.140. The molecule has 0 saturated heterocycles. The van der Waals surface area contributed by atoms with E-state index in [1.807, 2.05) is 12.1 Å². The molecule has 1 amide bonds. The quantitative estimate of drug-likeness (QED) is 0.844. The highest BCUT2D eigenvalue weighted by atomic mass is 16.4. The SMILES string of the molecule is O=C(NC1C=CC(C(=O)O)C1)c1cccc2ncccc12. The van der Waals surface area contributed by atoms with Crippen molar-refractivity contribution in [1.29, 1.82) is 0 Å². The zero-order valence-corrected chi connectivity index (χ0v) is 11.2. The third kappa shape index (κ3) is 2.63. The Morgan fingerprint density at radius 2 is 2.05 bits per heavy atom. The number of aromatic nitrogens is 1. The van der Waals surface area contributed by atoms with Crippen molar-refractivity contribution in [2.45, 2.75) is 12.5 Å². The van der Waals surface area contributed by atoms with E-state index in [1.165, 1.54) is 0 Å². The molecule has 2 unspecified atom stereocenters. The van der Waals surface area contributed by atoms with Crippen molar-refractivity contribution in [3.63, 3.8) is 0 Å². The van der Waals surface area contributed by atoms with Gasteiger partial charge in [0.05, 0.1) is 11.4 Å². The summed E-state index contributed by atoms with van der Waals surface area (Å²) >= 11 is 0. The first-order chi connectivity index (χ1) is 10.1. The molecule has 106 valence electrons. The highest BCUT2D eigenvalue weighted by molar-refractivity contribution is 6.06. The maximum Gasteiger partial charge on any atom is 0.310 e. The van der Waals surface area contributed by atoms with Crippen LogP contribution in [0.3, 0.4) is 0 Å². The summed E-state index contributed by atoms with van der Waals surface area (Å²) < 4.78 is 0. The second-order valence-electron chi connectivity index (χ2n) is 5.02. The summed E-state index contributed by atoms with van der Waals surface area (Å²) in [4.78, 5) is 27.5. The number of aliphatic carboxylic acids is 1. The molecule has 5 heteroatoms. The fraction of sp³-hybridized carbons (Fsp3) is 0.188. The number of nitrogens with zero attached hydrogens (tertiary/aromatic N) is 1. The van der Waals surface area contributed by atoms with Crippen LogP contribution in [-0.2, 0) is 4.79 Å². The van der Waals surface area contributed by atoms with Gasteiger partial charge in [0.2, 0.25) is 0 Å². The average Bonchev–Trinajstić information content (AvgIpc) is 2.95. The average molecular weight is 282 g/mol. The molecule has 21 heavy (non-hydrogen) atoms. The maximum absolute atomic E-state index is 12.4. The van der Waals surface area contributed by atoms with Crippen molar-refractivity contribution in [3.05, 3.63) is 54.2 Å². The molecule has 5 nitrogen and oxygen atoms in total. The monoisotopic (exact) mass is 282 g/mol. The Balaban J connectivity index is 1.80. The number of hydrogen-bond donors (Lipinski definition) is 2. The number of carbonyl (C=O) groups is 2. The Kier molecular flexibility index (Phi) is 3.39. The fourth-order valence-corrected chi connectivity index (χ4v) is 2.54. The summed E-state index contributed by atoms with van der Waals surface area (Å²) in [5, 5.41) is 12.6. The van der Waals surface area contributed by atoms with E-state index in [0.29, 0.717) is 12.0 Å². The van der Waals surface area contributed by atoms with E-state index >= 15 is 0 Å². The number of hydrogen-bond acceptors (Lipinski definition) is 3. The summed E-state index contributed by atoms with van der Waals surface area (Å²) in [6.45, 7) is 0. The molecule has 0 spiro atoms. The van der Waals surface area contributed by atoms with Crippen molar-refractivity contribution < 1.29 is 14.7 Å². The smallest absolute Gasteiger partial charge is 0.310 e. The number of carboxylic acid groups (broad SMARTS) is 1. The number of nitrogens with one attached hydrogen (secondary N) is 1. The van der Waals surface area contributed by atoms with Crippen LogP contribution in [0, 0.1) is 5.92 Å². The predicted octanol–water partition coefficient (Wildman–Crippen LogP) is 1.99. The molecule has 0 aliphatic heterocycles. The van der Waals surface area contributed by atoms with Crippen molar-refractivity contribution >= 4 is 22.8 Å². The first-order valence-corrected chi connectivity index (χ1v) is 6.71. The normalized spacial score (nSPS) is 20.6. The van der Waals surface area contributed by atoms with Gasteiger partial charge in [-0.05, 0) is 24.6 Å². The molecule has 0 bridgehead atoms. The number of benzene rings is 1. The van der Waals surface area contributed by atoms with E-state index in [1.54, 1.807) is 36.5 Å². The zero-order valence-electron chi connectivity index (χ0n) is 11.2. The number of rotatable bonds is 3. The van der Waals surface area contributed by atoms with Crippen LogP contribution in [0.1, 0.15) is 16.8 Å². The Hall–Kier alpha value is -2.69. The van der Waals surface area contributed by atoms with Crippen molar-refractivity contribution in [3.8, 4) is 0 Å². The molecule has 1 aromatic carbocycles. The molecule has 2 aromatic rings. The van der Waals surface area contributed by atoms with E-state index in [9.17, 15) is 9.59 Å². The van der Waals surface area contributed by atoms with Gasteiger partial charge in [-0.25, -0.2) is 0 Å². The summed E-state index contributed by atoms with van der Waals surface area (Å²) in [6, 6.07) is 8.77. The lowest BCUT2D eigenvalue weighted by atomic mass is 10.1. The number of pyridine rings is 1. The number of amides is 1. The highest BCUT2D eigenvalue weighted by Gasteiger charge is 2.25. The number of carbonyl (C=O) groups excluding carboxylic acids is 1. The minimum absolute atomic E-state index is 0.214. The summed E-state index contributed by atoms with van der Waals surface area (Å²) in [5.74, 6) is -1.60. The van der Waals surface area contributed by atoms with Gasteiger partial charge < -0.3 is 10.4 Å². The summed E-state index contributed by atoms with van der Waals surface area (Å²) in [6.07, 6.45) is 5.43. The number of fused-ring (bicyclic) bond motifs is 1. The van der Waals surface area contributed by atoms with E-state index in [-0.39, 0.29) is 11.9 Å². The first-order valence-electron chi connectivity index (χ1n) is 6.71. The molecule has 0 fully saturated rings. The van der Waals surface area contributed by atoms with Crippen LogP contribution in [0.25, 0.3) is 10.9 Å². The van der Waals surface area contributed by atoms with Crippen LogP contribution in [-0.4, -0.2) is 28.0 Å². The Bertz CT molecular complexity index is 734. The Labute approximate surface area is 121 Å². The molecular weight excluding hydrogens is 268 g/mol. The summed E-state index contributed by atoms with van der Waals surface area (Å²) in [5.41, 5.74) is 1.31. The van der Waals surface area contributed by atoms with Gasteiger partial charge in [0.15, 0.2) is 0 Å². The highest BCUT2D eigenvalue weighted by Crippen LogP contribution is 2.20. The van der Waals surface area contributed by atoms with Crippen molar-refractivity contribution in [2.75, 3.05) is 0 Å². The van der Waals surface area contributed by atoms with Gasteiger partial charge in [-0.2, -0.15) is 0 Å². The van der Waals surface area contributed by atoms with Gasteiger partial charge in [0, 0.05) is 23.2 Å². The van der Waals surface area contributed by atoms with Gasteiger partial charge >= 0.3 is 5.97 Å². The first kappa shape index (κ1) is 13.3. The molecule has 2 N–H and O–H groups in total. The zero-order chi connectivity index (χ0) is 14.8. The summed E-state index contributed by atoms with van der Waals surface area (Å²) in [7, 11) is 0. The lowest BCUT2D eigenvalue weighted by Crippen LogP contribution is -2.33. The molecule has 3 rings (SSSR count). The van der Waals surface area contributed by atoms with Gasteiger partial charge in [-0.3, -0.25) is 14.6 Å². The Morgan fingerprint density at radius 1 is 1.19 bits per heavy atom. The third-order valence-electron chi connectivity index (χ3n) is 3.61. The minimum atomic E-state index is -0.864. The molecular formula is C16H14N2O3. The van der Waals surface area contributed by atoms with Crippen LogP contribution in [0.5, 0.6) is 0 Å². The second-order valence-corrected chi connectivity index (χ2v) is 5.02. The van der Waals surface area contributed by atoms with E-state index in [2.05, 4.69) is 10.3 Å². The van der Waals surface area contributed by atoms with Crippen molar-refractivity contribution in [2.24, 2.45) is 5.92 Å². The molecule has 1 aliphatic rings.